The summed E-state index contributed by atoms with van der Waals surface area (Å²) >= 11 is 0. The van der Waals surface area contributed by atoms with Gasteiger partial charge in [-0.2, -0.15) is 13.2 Å². The number of methoxy groups -OCH3 is 3. The van der Waals surface area contributed by atoms with E-state index in [0.29, 0.717) is 22.8 Å². The van der Waals surface area contributed by atoms with E-state index in [1.165, 1.54) is 26.2 Å². The first kappa shape index (κ1) is 23.2. The first-order chi connectivity index (χ1) is 15.2. The minimum Gasteiger partial charge on any atom is -0.496 e. The maximum Gasteiger partial charge on any atom is 0.416 e. The summed E-state index contributed by atoms with van der Waals surface area (Å²) in [5, 5.41) is 0. The molecule has 2 aromatic carbocycles. The third-order valence-corrected chi connectivity index (χ3v) is 5.25. The van der Waals surface area contributed by atoms with Crippen LogP contribution in [0.15, 0.2) is 36.4 Å². The summed E-state index contributed by atoms with van der Waals surface area (Å²) in [6, 6.07) is 7.21. The third-order valence-electron chi connectivity index (χ3n) is 5.25. The van der Waals surface area contributed by atoms with Gasteiger partial charge >= 0.3 is 6.18 Å². The molecule has 2 amide bonds. The monoisotopic (exact) mass is 452 g/mol. The Labute approximate surface area is 183 Å². The first-order valence-corrected chi connectivity index (χ1v) is 9.75. The lowest BCUT2D eigenvalue weighted by Crippen LogP contribution is -2.50. The minimum atomic E-state index is -4.46. The Morgan fingerprint density at radius 2 is 1.22 bits per heavy atom. The van der Waals surface area contributed by atoms with Gasteiger partial charge in [-0.25, -0.2) is 0 Å². The molecule has 10 heteroatoms. The molecular weight excluding hydrogens is 429 g/mol. The molecule has 0 saturated carbocycles. The minimum absolute atomic E-state index is 0.166. The average Bonchev–Trinajstić information content (AvgIpc) is 2.81. The molecule has 0 N–H and O–H groups in total. The number of amides is 2. The summed E-state index contributed by atoms with van der Waals surface area (Å²) in [6.07, 6.45) is -4.46. The van der Waals surface area contributed by atoms with Gasteiger partial charge in [-0.05, 0) is 24.3 Å². The first-order valence-electron chi connectivity index (χ1n) is 9.75. The van der Waals surface area contributed by atoms with Crippen molar-refractivity contribution in [1.29, 1.82) is 0 Å². The van der Waals surface area contributed by atoms with E-state index >= 15 is 0 Å². The number of rotatable bonds is 5. The fraction of sp³-hybridized carbons (Fsp3) is 0.364. The number of alkyl halides is 3. The van der Waals surface area contributed by atoms with E-state index in [1.807, 2.05) is 0 Å². The van der Waals surface area contributed by atoms with Crippen molar-refractivity contribution < 1.29 is 37.0 Å². The average molecular weight is 452 g/mol. The van der Waals surface area contributed by atoms with Crippen LogP contribution in [0.3, 0.4) is 0 Å². The van der Waals surface area contributed by atoms with Crippen LogP contribution in [0.5, 0.6) is 17.2 Å². The highest BCUT2D eigenvalue weighted by Crippen LogP contribution is 2.35. The highest BCUT2D eigenvalue weighted by molar-refractivity contribution is 5.98. The van der Waals surface area contributed by atoms with E-state index in [0.717, 1.165) is 24.3 Å². The summed E-state index contributed by atoms with van der Waals surface area (Å²) in [5.74, 6) is 0.468. The van der Waals surface area contributed by atoms with Crippen molar-refractivity contribution in [1.82, 2.24) is 9.80 Å². The highest BCUT2D eigenvalue weighted by Gasteiger charge is 2.31. The standard InChI is InChI=1S/C22H23F3N2O5/c1-30-17-13-19(32-3)18(31-2)12-16(17)21(29)27-10-8-26(9-11-27)20(28)14-4-6-15(7-5-14)22(23,24)25/h4-7,12-13H,8-11H2,1-3H3. The lowest BCUT2D eigenvalue weighted by atomic mass is 10.1. The highest BCUT2D eigenvalue weighted by atomic mass is 19.4. The number of halogens is 3. The van der Waals surface area contributed by atoms with Crippen molar-refractivity contribution in [2.75, 3.05) is 47.5 Å². The van der Waals surface area contributed by atoms with Crippen molar-refractivity contribution >= 4 is 11.8 Å². The lowest BCUT2D eigenvalue weighted by Gasteiger charge is -2.35. The molecule has 3 rings (SSSR count). The molecule has 7 nitrogen and oxygen atoms in total. The van der Waals surface area contributed by atoms with Crippen LogP contribution < -0.4 is 14.2 Å². The van der Waals surface area contributed by atoms with Gasteiger partial charge in [0.1, 0.15) is 5.75 Å². The topological polar surface area (TPSA) is 68.3 Å². The van der Waals surface area contributed by atoms with Crippen LogP contribution >= 0.6 is 0 Å². The van der Waals surface area contributed by atoms with Crippen LogP contribution in [-0.4, -0.2) is 69.1 Å². The zero-order valence-electron chi connectivity index (χ0n) is 17.9. The van der Waals surface area contributed by atoms with Crippen molar-refractivity contribution in [3.05, 3.63) is 53.1 Å². The van der Waals surface area contributed by atoms with Gasteiger partial charge in [0.2, 0.25) is 0 Å². The molecule has 1 heterocycles. The van der Waals surface area contributed by atoms with Crippen LogP contribution in [-0.2, 0) is 6.18 Å². The molecule has 2 aromatic rings. The van der Waals surface area contributed by atoms with Gasteiger partial charge in [-0.1, -0.05) is 0 Å². The van der Waals surface area contributed by atoms with Gasteiger partial charge in [-0.3, -0.25) is 9.59 Å². The summed E-state index contributed by atoms with van der Waals surface area (Å²) in [6.45, 7) is 1.04. The van der Waals surface area contributed by atoms with Crippen molar-refractivity contribution in [2.24, 2.45) is 0 Å². The SMILES string of the molecule is COc1cc(OC)c(C(=O)N2CCN(C(=O)c3ccc(C(F)(F)F)cc3)CC2)cc1OC. The summed E-state index contributed by atoms with van der Waals surface area (Å²) in [4.78, 5) is 28.8. The summed E-state index contributed by atoms with van der Waals surface area (Å²) < 4.78 is 54.0. The summed E-state index contributed by atoms with van der Waals surface area (Å²) in [5.41, 5.74) is -0.347. The zero-order valence-corrected chi connectivity index (χ0v) is 17.9. The number of carbonyl (C=O) groups excluding carboxylic acids is 2. The molecule has 172 valence electrons. The fourth-order valence-corrected chi connectivity index (χ4v) is 3.46. The predicted molar refractivity (Wildman–Crippen MR) is 109 cm³/mol. The Hall–Kier alpha value is -3.43. The van der Waals surface area contributed by atoms with E-state index in [1.54, 1.807) is 17.0 Å². The van der Waals surface area contributed by atoms with Crippen molar-refractivity contribution in [3.63, 3.8) is 0 Å². The number of hydrogen-bond acceptors (Lipinski definition) is 5. The molecule has 1 saturated heterocycles. The van der Waals surface area contributed by atoms with Gasteiger partial charge in [-0.15, -0.1) is 0 Å². The zero-order chi connectivity index (χ0) is 23.5. The Kier molecular flexibility index (Phi) is 6.81. The van der Waals surface area contributed by atoms with Crippen molar-refractivity contribution in [2.45, 2.75) is 6.18 Å². The van der Waals surface area contributed by atoms with E-state index < -0.39 is 11.7 Å². The smallest absolute Gasteiger partial charge is 0.416 e. The fourth-order valence-electron chi connectivity index (χ4n) is 3.46. The van der Waals surface area contributed by atoms with Gasteiger partial charge in [0.05, 0.1) is 32.5 Å². The Morgan fingerprint density at radius 1 is 0.750 bits per heavy atom. The Morgan fingerprint density at radius 3 is 1.69 bits per heavy atom. The molecule has 0 unspecified atom stereocenters. The van der Waals surface area contributed by atoms with E-state index in [-0.39, 0.29) is 43.6 Å². The molecule has 0 aromatic heterocycles. The molecule has 0 radical (unpaired) electrons. The van der Waals surface area contributed by atoms with Crippen LogP contribution in [0, 0.1) is 0 Å². The Balaban J connectivity index is 1.69. The van der Waals surface area contributed by atoms with E-state index in [9.17, 15) is 22.8 Å². The molecular formula is C22H23F3N2O5. The molecule has 1 fully saturated rings. The second-order valence-electron chi connectivity index (χ2n) is 7.07. The number of benzene rings is 2. The van der Waals surface area contributed by atoms with Gasteiger partial charge < -0.3 is 24.0 Å². The largest absolute Gasteiger partial charge is 0.496 e. The van der Waals surface area contributed by atoms with Crippen LogP contribution in [0.25, 0.3) is 0 Å². The van der Waals surface area contributed by atoms with E-state index in [2.05, 4.69) is 0 Å². The maximum absolute atomic E-state index is 13.1. The molecule has 1 aliphatic rings. The van der Waals surface area contributed by atoms with Crippen LogP contribution in [0.2, 0.25) is 0 Å². The van der Waals surface area contributed by atoms with Gasteiger partial charge in [0.15, 0.2) is 11.5 Å². The van der Waals surface area contributed by atoms with Gasteiger partial charge in [0, 0.05) is 43.9 Å². The van der Waals surface area contributed by atoms with E-state index in [4.69, 9.17) is 14.2 Å². The number of hydrogen-bond donors (Lipinski definition) is 0. The molecule has 0 atom stereocenters. The van der Waals surface area contributed by atoms with Crippen LogP contribution in [0.1, 0.15) is 26.3 Å². The lowest BCUT2D eigenvalue weighted by molar-refractivity contribution is -0.137. The number of ether oxygens (including phenoxy) is 3. The maximum atomic E-state index is 13.1. The second-order valence-corrected chi connectivity index (χ2v) is 7.07. The molecule has 0 spiro atoms. The number of carbonyl (C=O) groups is 2. The second kappa shape index (κ2) is 9.37. The molecule has 32 heavy (non-hydrogen) atoms. The Bertz CT molecular complexity index is 984. The molecule has 1 aliphatic heterocycles. The molecule has 0 bridgehead atoms. The molecule has 0 aliphatic carbocycles. The van der Waals surface area contributed by atoms with Crippen molar-refractivity contribution in [3.8, 4) is 17.2 Å². The quantitative estimate of drug-likeness (QED) is 0.696. The van der Waals surface area contributed by atoms with Crippen LogP contribution in [0.4, 0.5) is 13.2 Å². The predicted octanol–water partition coefficient (Wildman–Crippen LogP) is 3.33. The normalized spacial score (nSPS) is 14.2. The summed E-state index contributed by atoms with van der Waals surface area (Å²) in [7, 11) is 4.38. The third kappa shape index (κ3) is 4.74. The number of nitrogens with zero attached hydrogens (tertiary/aromatic N) is 2. The van der Waals surface area contributed by atoms with Gasteiger partial charge in [0.25, 0.3) is 11.8 Å². The number of piperazine rings is 1.